The highest BCUT2D eigenvalue weighted by atomic mass is 14.3. The SMILES string of the molecule is CC1Cc2ccccc2C1C.CC1c2cccc3cccc(c23)C1C.CCC(C)(C)c1ccccc1.CCC(C)c1ccc2ccccc2c1.CCC(C)c1cccc2ccccc12. The molecule has 8 aromatic rings. The first-order chi connectivity index (χ1) is 30.9. The van der Waals surface area contributed by atoms with Gasteiger partial charge in [0.05, 0.1) is 0 Å². The molecule has 0 heteroatoms. The lowest BCUT2D eigenvalue weighted by atomic mass is 9.82. The second-order valence-corrected chi connectivity index (χ2v) is 19.4. The van der Waals surface area contributed by atoms with E-state index in [1.54, 1.807) is 11.1 Å². The minimum Gasteiger partial charge on any atom is -0.0648 e. The first-order valence-electron chi connectivity index (χ1n) is 24.5. The molecule has 0 aliphatic heterocycles. The predicted octanol–water partition coefficient (Wildman–Crippen LogP) is 19.1. The van der Waals surface area contributed by atoms with Crippen LogP contribution in [0.2, 0.25) is 0 Å². The third kappa shape index (κ3) is 11.4. The van der Waals surface area contributed by atoms with Crippen molar-refractivity contribution in [3.63, 3.8) is 0 Å². The summed E-state index contributed by atoms with van der Waals surface area (Å²) < 4.78 is 0. The lowest BCUT2D eigenvalue weighted by Gasteiger charge is -2.22. The fourth-order valence-electron chi connectivity index (χ4n) is 9.44. The number of rotatable bonds is 6. The Balaban J connectivity index is 0.000000133. The summed E-state index contributed by atoms with van der Waals surface area (Å²) >= 11 is 0. The maximum Gasteiger partial charge on any atom is -0.0106 e. The van der Waals surface area contributed by atoms with Gasteiger partial charge in [0.2, 0.25) is 0 Å². The molecule has 8 aromatic carbocycles. The van der Waals surface area contributed by atoms with Crippen molar-refractivity contribution >= 4 is 32.3 Å². The van der Waals surface area contributed by atoms with Gasteiger partial charge in [0, 0.05) is 0 Å². The van der Waals surface area contributed by atoms with Crippen LogP contribution in [0.25, 0.3) is 32.3 Å². The van der Waals surface area contributed by atoms with Crippen molar-refractivity contribution in [2.45, 2.75) is 137 Å². The molecular formula is C64H76. The number of hydrogen-bond acceptors (Lipinski definition) is 0. The van der Waals surface area contributed by atoms with E-state index < -0.39 is 0 Å². The van der Waals surface area contributed by atoms with Crippen LogP contribution in [0.3, 0.4) is 0 Å². The molecule has 0 saturated carbocycles. The van der Waals surface area contributed by atoms with E-state index in [-0.39, 0.29) is 0 Å². The zero-order valence-corrected chi connectivity index (χ0v) is 41.0. The molecule has 0 nitrogen and oxygen atoms in total. The molecule has 0 heterocycles. The standard InChI is InChI=1S/C14H14.2C14H16.C11H14.C11H16/c1-9-10(2)13-8-4-6-11-5-3-7-12(9)14(11)13;1-3-11(2)13-10-6-8-12-7-4-5-9-14(12)13;1-3-11(2)13-9-8-12-6-4-5-7-14(12)10-13;1-8-7-10-5-3-4-6-11(10)9(8)2;1-4-11(2,3)10-8-6-5-7-9-10/h3-10H,1-2H3;2*4-11H,3H2,1-2H3;3-6,8-9H,7H2,1-2H3;5-9H,4H2,1-3H3. The molecule has 0 aromatic heterocycles. The van der Waals surface area contributed by atoms with Crippen molar-refractivity contribution in [1.29, 1.82) is 0 Å². The Morgan fingerprint density at radius 3 is 1.61 bits per heavy atom. The zero-order chi connectivity index (χ0) is 45.8. The zero-order valence-electron chi connectivity index (χ0n) is 41.0. The topological polar surface area (TPSA) is 0 Å². The van der Waals surface area contributed by atoms with Gasteiger partial charge in [0.15, 0.2) is 0 Å². The third-order valence-electron chi connectivity index (χ3n) is 15.0. The smallest absolute Gasteiger partial charge is 0.0106 e. The summed E-state index contributed by atoms with van der Waals surface area (Å²) in [7, 11) is 0. The van der Waals surface area contributed by atoms with Crippen LogP contribution in [-0.2, 0) is 11.8 Å². The molecule has 0 fully saturated rings. The predicted molar refractivity (Wildman–Crippen MR) is 284 cm³/mol. The summed E-state index contributed by atoms with van der Waals surface area (Å²) in [5.41, 5.74) is 10.9. The van der Waals surface area contributed by atoms with Gasteiger partial charge in [-0.2, -0.15) is 0 Å². The summed E-state index contributed by atoms with van der Waals surface area (Å²) in [4.78, 5) is 0. The van der Waals surface area contributed by atoms with Gasteiger partial charge in [0.25, 0.3) is 0 Å². The summed E-state index contributed by atoms with van der Waals surface area (Å²) in [5.74, 6) is 4.28. The molecule has 0 spiro atoms. The molecule has 0 saturated heterocycles. The summed E-state index contributed by atoms with van der Waals surface area (Å²) in [6.45, 7) is 25.2. The van der Waals surface area contributed by atoms with E-state index in [2.05, 4.69) is 252 Å². The Labute approximate surface area is 388 Å². The van der Waals surface area contributed by atoms with Gasteiger partial charge in [-0.1, -0.05) is 252 Å². The lowest BCUT2D eigenvalue weighted by molar-refractivity contribution is 0.506. The fourth-order valence-corrected chi connectivity index (χ4v) is 9.44. The van der Waals surface area contributed by atoms with Gasteiger partial charge in [-0.15, -0.1) is 0 Å². The van der Waals surface area contributed by atoms with Crippen molar-refractivity contribution in [1.82, 2.24) is 0 Å². The molecule has 0 amide bonds. The van der Waals surface area contributed by atoms with E-state index in [4.69, 9.17) is 0 Å². The van der Waals surface area contributed by atoms with E-state index >= 15 is 0 Å². The van der Waals surface area contributed by atoms with Crippen LogP contribution in [-0.4, -0.2) is 0 Å². The molecule has 332 valence electrons. The molecule has 64 heavy (non-hydrogen) atoms. The van der Waals surface area contributed by atoms with E-state index in [0.29, 0.717) is 29.1 Å². The van der Waals surface area contributed by atoms with Crippen molar-refractivity contribution in [3.8, 4) is 0 Å². The molecule has 6 atom stereocenters. The molecule has 0 radical (unpaired) electrons. The molecule has 0 bridgehead atoms. The summed E-state index contributed by atoms with van der Waals surface area (Å²) in [6.07, 6.45) is 4.88. The molecule has 10 rings (SSSR count). The Hall–Kier alpha value is -5.46. The highest BCUT2D eigenvalue weighted by Crippen LogP contribution is 2.46. The average Bonchev–Trinajstić information content (AvgIpc) is 3.78. The van der Waals surface area contributed by atoms with Gasteiger partial charge in [0.1, 0.15) is 0 Å². The molecular weight excluding hydrogens is 769 g/mol. The number of fused-ring (bicyclic) bond motifs is 3. The van der Waals surface area contributed by atoms with Crippen LogP contribution in [0.15, 0.2) is 176 Å². The number of benzene rings is 8. The van der Waals surface area contributed by atoms with Crippen LogP contribution in [0.5, 0.6) is 0 Å². The number of hydrogen-bond donors (Lipinski definition) is 0. The van der Waals surface area contributed by atoms with Gasteiger partial charge < -0.3 is 0 Å². The van der Waals surface area contributed by atoms with Gasteiger partial charge in [-0.25, -0.2) is 0 Å². The van der Waals surface area contributed by atoms with E-state index in [1.807, 2.05) is 0 Å². The largest absolute Gasteiger partial charge is 0.0648 e. The third-order valence-corrected chi connectivity index (χ3v) is 15.0. The summed E-state index contributed by atoms with van der Waals surface area (Å²) in [5, 5.41) is 8.35. The second kappa shape index (κ2) is 22.4. The Morgan fingerprint density at radius 1 is 0.469 bits per heavy atom. The maximum absolute atomic E-state index is 2.34. The van der Waals surface area contributed by atoms with Crippen LogP contribution in [0.4, 0.5) is 0 Å². The average molecular weight is 845 g/mol. The lowest BCUT2D eigenvalue weighted by Crippen LogP contribution is -2.14. The molecule has 0 N–H and O–H groups in total. The second-order valence-electron chi connectivity index (χ2n) is 19.4. The Bertz CT molecular complexity index is 2620. The van der Waals surface area contributed by atoms with Crippen molar-refractivity contribution < 1.29 is 0 Å². The molecule has 2 aliphatic carbocycles. The quantitative estimate of drug-likeness (QED) is 0.156. The van der Waals surface area contributed by atoms with Crippen LogP contribution >= 0.6 is 0 Å². The normalized spacial score (nSPS) is 17.9. The minimum absolute atomic E-state index is 0.335. The van der Waals surface area contributed by atoms with Gasteiger partial charge >= 0.3 is 0 Å². The fraction of sp³-hybridized carbons (Fsp3) is 0.344. The summed E-state index contributed by atoms with van der Waals surface area (Å²) in [6, 6.07) is 63.3. The minimum atomic E-state index is 0.335. The molecule has 2 aliphatic rings. The molecule has 6 unspecified atom stereocenters. The van der Waals surface area contributed by atoms with Crippen LogP contribution < -0.4 is 0 Å². The monoisotopic (exact) mass is 845 g/mol. The van der Waals surface area contributed by atoms with Crippen molar-refractivity contribution in [3.05, 3.63) is 215 Å². The van der Waals surface area contributed by atoms with E-state index in [0.717, 1.165) is 11.8 Å². The van der Waals surface area contributed by atoms with E-state index in [1.165, 1.54) is 85.8 Å². The van der Waals surface area contributed by atoms with Crippen molar-refractivity contribution in [2.24, 2.45) is 5.92 Å². The Kier molecular flexibility index (Phi) is 16.8. The maximum atomic E-state index is 2.34. The van der Waals surface area contributed by atoms with E-state index in [9.17, 15) is 0 Å². The van der Waals surface area contributed by atoms with Gasteiger partial charge in [-0.05, 0) is 138 Å². The first kappa shape index (κ1) is 48.0. The van der Waals surface area contributed by atoms with Crippen LogP contribution in [0.1, 0.15) is 164 Å². The highest BCUT2D eigenvalue weighted by molar-refractivity contribution is 5.92. The Morgan fingerprint density at radius 2 is 0.984 bits per heavy atom. The van der Waals surface area contributed by atoms with Crippen LogP contribution in [0, 0.1) is 5.92 Å². The highest BCUT2D eigenvalue weighted by Gasteiger charge is 2.27. The van der Waals surface area contributed by atoms with Crippen molar-refractivity contribution in [2.75, 3.05) is 0 Å². The van der Waals surface area contributed by atoms with Gasteiger partial charge in [-0.3, -0.25) is 0 Å². The first-order valence-corrected chi connectivity index (χ1v) is 24.5.